The standard InChI is InChI=1S/C11H19N3O2S/c1-15-9(7-3-4-7)10-13-11(16-14-10)8(12)5-6-17-2/h7-9H,3-6,12H2,1-2H3. The SMILES string of the molecule is COC(c1noc(C(N)CCSC)n1)C1CC1. The van der Waals surface area contributed by atoms with Crippen molar-refractivity contribution in [3.63, 3.8) is 0 Å². The quantitative estimate of drug-likeness (QED) is 0.804. The molecule has 2 rings (SSSR count). The first-order valence-corrected chi connectivity index (χ1v) is 7.26. The normalized spacial score (nSPS) is 19.2. The molecule has 0 radical (unpaired) electrons. The predicted molar refractivity (Wildman–Crippen MR) is 66.7 cm³/mol. The van der Waals surface area contributed by atoms with Gasteiger partial charge in [-0.05, 0) is 37.2 Å². The van der Waals surface area contributed by atoms with Gasteiger partial charge in [-0.1, -0.05) is 5.16 Å². The first-order chi connectivity index (χ1) is 8.26. The molecule has 0 aliphatic heterocycles. The molecule has 2 atom stereocenters. The van der Waals surface area contributed by atoms with Gasteiger partial charge in [0, 0.05) is 7.11 Å². The van der Waals surface area contributed by atoms with Crippen LogP contribution in [0.5, 0.6) is 0 Å². The molecule has 2 N–H and O–H groups in total. The third kappa shape index (κ3) is 3.20. The van der Waals surface area contributed by atoms with Gasteiger partial charge in [0.2, 0.25) is 11.7 Å². The van der Waals surface area contributed by atoms with Crippen LogP contribution in [0, 0.1) is 5.92 Å². The van der Waals surface area contributed by atoms with Gasteiger partial charge in [-0.25, -0.2) is 0 Å². The van der Waals surface area contributed by atoms with Crippen molar-refractivity contribution in [3.8, 4) is 0 Å². The van der Waals surface area contributed by atoms with Crippen LogP contribution < -0.4 is 5.73 Å². The van der Waals surface area contributed by atoms with Crippen LogP contribution in [0.3, 0.4) is 0 Å². The van der Waals surface area contributed by atoms with Gasteiger partial charge >= 0.3 is 0 Å². The topological polar surface area (TPSA) is 74.2 Å². The van der Waals surface area contributed by atoms with Crippen molar-refractivity contribution >= 4 is 11.8 Å². The Balaban J connectivity index is 1.98. The Kier molecular flexibility index (Phi) is 4.42. The van der Waals surface area contributed by atoms with E-state index in [4.69, 9.17) is 15.0 Å². The smallest absolute Gasteiger partial charge is 0.243 e. The van der Waals surface area contributed by atoms with Crippen molar-refractivity contribution in [2.75, 3.05) is 19.1 Å². The maximum Gasteiger partial charge on any atom is 0.243 e. The Morgan fingerprint density at radius 1 is 1.59 bits per heavy atom. The van der Waals surface area contributed by atoms with E-state index >= 15 is 0 Å². The van der Waals surface area contributed by atoms with E-state index in [-0.39, 0.29) is 12.1 Å². The van der Waals surface area contributed by atoms with Gasteiger partial charge in [0.25, 0.3) is 0 Å². The van der Waals surface area contributed by atoms with Crippen molar-refractivity contribution in [2.24, 2.45) is 11.7 Å². The second-order valence-electron chi connectivity index (χ2n) is 4.37. The molecule has 96 valence electrons. The molecular weight excluding hydrogens is 238 g/mol. The van der Waals surface area contributed by atoms with Crippen LogP contribution in [0.15, 0.2) is 4.52 Å². The lowest BCUT2D eigenvalue weighted by molar-refractivity contribution is 0.0751. The minimum Gasteiger partial charge on any atom is -0.373 e. The first kappa shape index (κ1) is 12.9. The summed E-state index contributed by atoms with van der Waals surface area (Å²) in [6.45, 7) is 0. The summed E-state index contributed by atoms with van der Waals surface area (Å²) < 4.78 is 10.6. The number of hydrogen-bond acceptors (Lipinski definition) is 6. The molecule has 0 bridgehead atoms. The summed E-state index contributed by atoms with van der Waals surface area (Å²) in [7, 11) is 1.69. The summed E-state index contributed by atoms with van der Waals surface area (Å²) in [5.41, 5.74) is 5.98. The van der Waals surface area contributed by atoms with Crippen LogP contribution in [-0.4, -0.2) is 29.3 Å². The van der Waals surface area contributed by atoms with E-state index in [0.29, 0.717) is 17.6 Å². The van der Waals surface area contributed by atoms with Gasteiger partial charge in [-0.2, -0.15) is 16.7 Å². The second-order valence-corrected chi connectivity index (χ2v) is 5.36. The molecule has 1 aliphatic rings. The molecule has 2 unspecified atom stereocenters. The number of methoxy groups -OCH3 is 1. The van der Waals surface area contributed by atoms with Crippen LogP contribution in [0.4, 0.5) is 0 Å². The zero-order valence-electron chi connectivity index (χ0n) is 10.3. The number of hydrogen-bond donors (Lipinski definition) is 1. The molecule has 0 amide bonds. The molecular formula is C11H19N3O2S. The predicted octanol–water partition coefficient (Wildman–Crippen LogP) is 1.92. The Labute approximate surface area is 105 Å². The molecule has 0 spiro atoms. The Bertz CT molecular complexity index is 354. The fraction of sp³-hybridized carbons (Fsp3) is 0.818. The summed E-state index contributed by atoms with van der Waals surface area (Å²) in [6.07, 6.45) is 5.24. The second kappa shape index (κ2) is 5.84. The zero-order chi connectivity index (χ0) is 12.3. The molecule has 0 aromatic carbocycles. The molecule has 1 fully saturated rings. The number of aromatic nitrogens is 2. The summed E-state index contributed by atoms with van der Waals surface area (Å²) in [6, 6.07) is -0.166. The van der Waals surface area contributed by atoms with E-state index in [2.05, 4.69) is 16.4 Å². The lowest BCUT2D eigenvalue weighted by Gasteiger charge is -2.08. The molecule has 1 heterocycles. The lowest BCUT2D eigenvalue weighted by atomic mass is 10.2. The Morgan fingerprint density at radius 3 is 2.94 bits per heavy atom. The Hall–Kier alpha value is -0.590. The van der Waals surface area contributed by atoms with Crippen LogP contribution in [0.25, 0.3) is 0 Å². The van der Waals surface area contributed by atoms with Gasteiger partial charge in [-0.15, -0.1) is 0 Å². The van der Waals surface area contributed by atoms with Crippen LogP contribution in [0.1, 0.15) is 43.1 Å². The van der Waals surface area contributed by atoms with Crippen molar-refractivity contribution in [3.05, 3.63) is 11.7 Å². The zero-order valence-corrected chi connectivity index (χ0v) is 11.1. The van der Waals surface area contributed by atoms with Crippen molar-refractivity contribution in [2.45, 2.75) is 31.4 Å². The number of nitrogens with zero attached hydrogens (tertiary/aromatic N) is 2. The molecule has 17 heavy (non-hydrogen) atoms. The van der Waals surface area contributed by atoms with Crippen LogP contribution in [0.2, 0.25) is 0 Å². The summed E-state index contributed by atoms with van der Waals surface area (Å²) in [5, 5.41) is 3.98. The van der Waals surface area contributed by atoms with Crippen LogP contribution >= 0.6 is 11.8 Å². The summed E-state index contributed by atoms with van der Waals surface area (Å²) >= 11 is 1.76. The molecule has 1 aliphatic carbocycles. The number of ether oxygens (including phenoxy) is 1. The highest BCUT2D eigenvalue weighted by atomic mass is 32.2. The van der Waals surface area contributed by atoms with Crippen molar-refractivity contribution < 1.29 is 9.26 Å². The van der Waals surface area contributed by atoms with E-state index in [1.54, 1.807) is 18.9 Å². The molecule has 1 aromatic rings. The third-order valence-electron chi connectivity index (χ3n) is 2.97. The van der Waals surface area contributed by atoms with Gasteiger partial charge in [0.15, 0.2) is 0 Å². The molecule has 1 aromatic heterocycles. The summed E-state index contributed by atoms with van der Waals surface area (Å²) in [4.78, 5) is 4.36. The maximum atomic E-state index is 5.98. The van der Waals surface area contributed by atoms with Gasteiger partial charge < -0.3 is 15.0 Å². The minimum absolute atomic E-state index is 0.0275. The Morgan fingerprint density at radius 2 is 2.35 bits per heavy atom. The highest BCUT2D eigenvalue weighted by Gasteiger charge is 2.35. The van der Waals surface area contributed by atoms with E-state index in [0.717, 1.165) is 12.2 Å². The van der Waals surface area contributed by atoms with Crippen LogP contribution in [-0.2, 0) is 4.74 Å². The number of nitrogens with two attached hydrogens (primary N) is 1. The van der Waals surface area contributed by atoms with Gasteiger partial charge in [-0.3, -0.25) is 0 Å². The summed E-state index contributed by atoms with van der Waals surface area (Å²) in [5.74, 6) is 2.71. The van der Waals surface area contributed by atoms with Crippen molar-refractivity contribution in [1.82, 2.24) is 10.1 Å². The van der Waals surface area contributed by atoms with Gasteiger partial charge in [0.1, 0.15) is 6.10 Å². The van der Waals surface area contributed by atoms with E-state index < -0.39 is 0 Å². The van der Waals surface area contributed by atoms with E-state index in [9.17, 15) is 0 Å². The average Bonchev–Trinajstić information content (AvgIpc) is 3.04. The molecule has 1 saturated carbocycles. The molecule has 0 saturated heterocycles. The van der Waals surface area contributed by atoms with E-state index in [1.165, 1.54) is 12.8 Å². The largest absolute Gasteiger partial charge is 0.373 e. The van der Waals surface area contributed by atoms with E-state index in [1.807, 2.05) is 0 Å². The average molecular weight is 257 g/mol. The lowest BCUT2D eigenvalue weighted by Crippen LogP contribution is -2.12. The number of rotatable bonds is 7. The van der Waals surface area contributed by atoms with Gasteiger partial charge in [0.05, 0.1) is 6.04 Å². The highest BCUT2D eigenvalue weighted by Crippen LogP contribution is 2.42. The first-order valence-electron chi connectivity index (χ1n) is 5.87. The minimum atomic E-state index is -0.166. The maximum absolute atomic E-state index is 5.98. The monoisotopic (exact) mass is 257 g/mol. The molecule has 6 heteroatoms. The third-order valence-corrected chi connectivity index (χ3v) is 3.61. The highest BCUT2D eigenvalue weighted by molar-refractivity contribution is 7.98. The van der Waals surface area contributed by atoms with Crippen molar-refractivity contribution in [1.29, 1.82) is 0 Å². The number of thioether (sulfide) groups is 1. The fourth-order valence-corrected chi connectivity index (χ4v) is 2.28. The fourth-order valence-electron chi connectivity index (χ4n) is 1.79. The molecule has 5 nitrogen and oxygen atoms in total.